The molecular weight excluding hydrogens is 452 g/mol. The number of anilines is 2. The number of phenolic OH excluding ortho intramolecular Hbond substituents is 2. The van der Waals surface area contributed by atoms with E-state index < -0.39 is 11.8 Å². The quantitative estimate of drug-likeness (QED) is 0.275. The van der Waals surface area contributed by atoms with Crippen molar-refractivity contribution in [3.8, 4) is 11.5 Å². The van der Waals surface area contributed by atoms with Crippen molar-refractivity contribution in [1.82, 2.24) is 0 Å². The first kappa shape index (κ1) is 26.8. The number of phenols is 2. The molecule has 0 saturated carbocycles. The van der Waals surface area contributed by atoms with Crippen LogP contribution in [0.25, 0.3) is 0 Å². The molecule has 0 radical (unpaired) electrons. The van der Waals surface area contributed by atoms with Crippen molar-refractivity contribution in [2.24, 2.45) is 0 Å². The smallest absolute Gasteiger partial charge is 0.259 e. The molecule has 0 saturated heterocycles. The Morgan fingerprint density at radius 1 is 0.667 bits per heavy atom. The van der Waals surface area contributed by atoms with Gasteiger partial charge in [-0.25, -0.2) is 0 Å². The first-order valence-electron chi connectivity index (χ1n) is 12.3. The number of nitrogens with one attached hydrogen (secondary N) is 2. The van der Waals surface area contributed by atoms with E-state index in [1.165, 1.54) is 0 Å². The van der Waals surface area contributed by atoms with Gasteiger partial charge in [-0.2, -0.15) is 0 Å². The highest BCUT2D eigenvalue weighted by Crippen LogP contribution is 2.37. The molecule has 0 aliphatic rings. The Bertz CT molecular complexity index is 1180. The average molecular weight is 489 g/mol. The van der Waals surface area contributed by atoms with Gasteiger partial charge in [0.2, 0.25) is 0 Å². The Hall–Kier alpha value is -3.80. The molecule has 0 spiro atoms. The number of carbonyl (C=O) groups excluding carboxylic acids is 2. The zero-order valence-corrected chi connectivity index (χ0v) is 21.9. The van der Waals surface area contributed by atoms with Crippen LogP contribution < -0.4 is 10.6 Å². The van der Waals surface area contributed by atoms with Gasteiger partial charge in [0.05, 0.1) is 11.1 Å². The van der Waals surface area contributed by atoms with Gasteiger partial charge >= 0.3 is 0 Å². The fourth-order valence-electron chi connectivity index (χ4n) is 4.00. The van der Waals surface area contributed by atoms with E-state index >= 15 is 0 Å². The molecule has 0 heterocycles. The van der Waals surface area contributed by atoms with E-state index in [0.29, 0.717) is 22.5 Å². The number of para-hydroxylation sites is 2. The molecule has 6 nitrogen and oxygen atoms in total. The maximum Gasteiger partial charge on any atom is 0.259 e. The predicted octanol–water partition coefficient (Wildman–Crippen LogP) is 6.98. The normalized spacial score (nSPS) is 11.7. The van der Waals surface area contributed by atoms with Gasteiger partial charge in [-0.3, -0.25) is 9.59 Å². The zero-order valence-electron chi connectivity index (χ0n) is 21.9. The Kier molecular flexibility index (Phi) is 7.77. The van der Waals surface area contributed by atoms with E-state index in [0.717, 1.165) is 12.8 Å². The molecule has 3 aromatic rings. The van der Waals surface area contributed by atoms with Crippen LogP contribution in [0.15, 0.2) is 60.7 Å². The third-order valence-corrected chi connectivity index (χ3v) is 7.17. The molecule has 0 unspecified atom stereocenters. The summed E-state index contributed by atoms with van der Waals surface area (Å²) >= 11 is 0. The number of benzene rings is 3. The SMILES string of the molecule is CCC(C)(C)c1cccc(C(=O)Nc2cccc(NC(=O)c3cccc(C(C)(C)CC)c3O)c2)c1O. The molecule has 2 amide bonds. The van der Waals surface area contributed by atoms with Crippen LogP contribution in [-0.2, 0) is 10.8 Å². The van der Waals surface area contributed by atoms with Gasteiger partial charge in [0.25, 0.3) is 11.8 Å². The third kappa shape index (κ3) is 5.54. The van der Waals surface area contributed by atoms with E-state index in [1.807, 2.05) is 53.7 Å². The Labute approximate surface area is 213 Å². The van der Waals surface area contributed by atoms with Crippen molar-refractivity contribution in [1.29, 1.82) is 0 Å². The molecule has 4 N–H and O–H groups in total. The molecule has 36 heavy (non-hydrogen) atoms. The predicted molar refractivity (Wildman–Crippen MR) is 145 cm³/mol. The van der Waals surface area contributed by atoms with Crippen LogP contribution in [0.3, 0.4) is 0 Å². The highest BCUT2D eigenvalue weighted by atomic mass is 16.3. The number of rotatable bonds is 8. The number of amides is 2. The van der Waals surface area contributed by atoms with Crippen molar-refractivity contribution >= 4 is 23.2 Å². The summed E-state index contributed by atoms with van der Waals surface area (Å²) in [5.41, 5.74) is 2.16. The molecule has 3 aromatic carbocycles. The van der Waals surface area contributed by atoms with Crippen LogP contribution >= 0.6 is 0 Å². The van der Waals surface area contributed by atoms with Crippen LogP contribution in [-0.4, -0.2) is 22.0 Å². The minimum Gasteiger partial charge on any atom is -0.507 e. The van der Waals surface area contributed by atoms with E-state index in [1.54, 1.807) is 48.5 Å². The minimum atomic E-state index is -0.447. The van der Waals surface area contributed by atoms with Gasteiger partial charge in [0.15, 0.2) is 0 Å². The first-order chi connectivity index (χ1) is 16.9. The lowest BCUT2D eigenvalue weighted by Crippen LogP contribution is -2.19. The highest BCUT2D eigenvalue weighted by molar-refractivity contribution is 6.08. The van der Waals surface area contributed by atoms with Crippen LogP contribution in [0.4, 0.5) is 11.4 Å². The lowest BCUT2D eigenvalue weighted by Gasteiger charge is -2.25. The second kappa shape index (κ2) is 10.4. The van der Waals surface area contributed by atoms with Gasteiger partial charge < -0.3 is 20.8 Å². The summed E-state index contributed by atoms with van der Waals surface area (Å²) in [6.45, 7) is 12.2. The van der Waals surface area contributed by atoms with E-state index in [-0.39, 0.29) is 33.5 Å². The summed E-state index contributed by atoms with van der Waals surface area (Å²) in [7, 11) is 0. The summed E-state index contributed by atoms with van der Waals surface area (Å²) < 4.78 is 0. The minimum absolute atomic E-state index is 0.0309. The third-order valence-electron chi connectivity index (χ3n) is 7.17. The largest absolute Gasteiger partial charge is 0.507 e. The lowest BCUT2D eigenvalue weighted by atomic mass is 9.81. The van der Waals surface area contributed by atoms with Crippen molar-refractivity contribution in [2.75, 3.05) is 10.6 Å². The second-order valence-electron chi connectivity index (χ2n) is 10.4. The summed E-state index contributed by atoms with van der Waals surface area (Å²) in [5, 5.41) is 27.2. The van der Waals surface area contributed by atoms with Gasteiger partial charge in [0.1, 0.15) is 11.5 Å². The van der Waals surface area contributed by atoms with Crippen LogP contribution in [0.2, 0.25) is 0 Å². The molecule has 0 aromatic heterocycles. The second-order valence-corrected chi connectivity index (χ2v) is 10.4. The molecule has 0 fully saturated rings. The molecular formula is C30H36N2O4. The summed E-state index contributed by atoms with van der Waals surface area (Å²) in [5.74, 6) is -0.956. The molecule has 0 atom stereocenters. The zero-order chi connectivity index (χ0) is 26.7. The molecule has 0 aliphatic carbocycles. The van der Waals surface area contributed by atoms with Crippen molar-refractivity contribution in [2.45, 2.75) is 65.2 Å². The maximum absolute atomic E-state index is 13.0. The molecule has 3 rings (SSSR count). The van der Waals surface area contributed by atoms with Gasteiger partial charge in [0, 0.05) is 22.5 Å². The number of hydrogen-bond donors (Lipinski definition) is 4. The Balaban J connectivity index is 1.81. The van der Waals surface area contributed by atoms with Crippen molar-refractivity contribution in [3.63, 3.8) is 0 Å². The fourth-order valence-corrected chi connectivity index (χ4v) is 4.00. The standard InChI is InChI=1S/C30H36N2O4/c1-7-29(3,4)23-16-10-14-21(25(23)33)27(35)31-19-12-9-13-20(18-19)32-28(36)22-15-11-17-24(26(22)34)30(5,6)8-2/h9-18,33-34H,7-8H2,1-6H3,(H,31,35)(H,32,36). The van der Waals surface area contributed by atoms with Gasteiger partial charge in [-0.05, 0) is 54.0 Å². The summed E-state index contributed by atoms with van der Waals surface area (Å²) in [6.07, 6.45) is 1.61. The maximum atomic E-state index is 13.0. The van der Waals surface area contributed by atoms with Crippen LogP contribution in [0, 0.1) is 0 Å². The monoisotopic (exact) mass is 488 g/mol. The Morgan fingerprint density at radius 3 is 1.39 bits per heavy atom. The van der Waals surface area contributed by atoms with Crippen LogP contribution in [0.1, 0.15) is 86.2 Å². The fraction of sp³-hybridized carbons (Fsp3) is 0.333. The summed E-state index contributed by atoms with van der Waals surface area (Å²) in [6, 6.07) is 17.1. The lowest BCUT2D eigenvalue weighted by molar-refractivity contribution is 0.101. The Morgan fingerprint density at radius 2 is 1.03 bits per heavy atom. The molecule has 0 aliphatic heterocycles. The van der Waals surface area contributed by atoms with E-state index in [4.69, 9.17) is 0 Å². The van der Waals surface area contributed by atoms with Gasteiger partial charge in [-0.1, -0.05) is 71.9 Å². The molecule has 190 valence electrons. The number of aromatic hydroxyl groups is 2. The number of hydrogen-bond acceptors (Lipinski definition) is 4. The van der Waals surface area contributed by atoms with Crippen molar-refractivity contribution in [3.05, 3.63) is 82.9 Å². The van der Waals surface area contributed by atoms with E-state index in [9.17, 15) is 19.8 Å². The number of carbonyl (C=O) groups is 2. The summed E-state index contributed by atoms with van der Waals surface area (Å²) in [4.78, 5) is 25.9. The first-order valence-corrected chi connectivity index (χ1v) is 12.3. The van der Waals surface area contributed by atoms with E-state index in [2.05, 4.69) is 10.6 Å². The van der Waals surface area contributed by atoms with Crippen LogP contribution in [0.5, 0.6) is 11.5 Å². The van der Waals surface area contributed by atoms with Crippen molar-refractivity contribution < 1.29 is 19.8 Å². The average Bonchev–Trinajstić information content (AvgIpc) is 2.84. The molecule has 0 bridgehead atoms. The van der Waals surface area contributed by atoms with Gasteiger partial charge in [-0.15, -0.1) is 0 Å². The topological polar surface area (TPSA) is 98.7 Å². The molecule has 6 heteroatoms. The highest BCUT2D eigenvalue weighted by Gasteiger charge is 2.26.